The highest BCUT2D eigenvalue weighted by Gasteiger charge is 2.33. The van der Waals surface area contributed by atoms with Crippen molar-refractivity contribution in [1.82, 2.24) is 29.0 Å². The van der Waals surface area contributed by atoms with E-state index in [2.05, 4.69) is 28.8 Å². The third-order valence-corrected chi connectivity index (χ3v) is 7.55. The fraction of sp³-hybridized carbons (Fsp3) is 0.516. The number of hydrogen-bond acceptors (Lipinski definition) is 9. The highest BCUT2D eigenvalue weighted by Crippen LogP contribution is 2.45. The monoisotopic (exact) mass is 625 g/mol. The first-order chi connectivity index (χ1) is 20.6. The number of halogens is 1. The number of piperazine rings is 1. The van der Waals surface area contributed by atoms with Crippen LogP contribution in [0.5, 0.6) is 5.75 Å². The molecule has 0 bridgehead atoms. The van der Waals surface area contributed by atoms with Crippen LogP contribution >= 0.6 is 11.6 Å². The Morgan fingerprint density at radius 2 is 1.59 bits per heavy atom. The molecule has 0 N–H and O–H groups in total. The Morgan fingerprint density at radius 3 is 2.18 bits per heavy atom. The first kappa shape index (κ1) is 31.4. The second kappa shape index (κ2) is 11.5. The number of carbonyl (C=O) groups excluding carboxylic acids is 2. The summed E-state index contributed by atoms with van der Waals surface area (Å²) in [5.74, 6) is 1.04. The Morgan fingerprint density at radius 1 is 0.955 bits per heavy atom. The van der Waals surface area contributed by atoms with Crippen molar-refractivity contribution in [2.75, 3.05) is 38.2 Å². The lowest BCUT2D eigenvalue weighted by Crippen LogP contribution is -2.50. The van der Waals surface area contributed by atoms with E-state index in [1.165, 1.54) is 10.9 Å². The molecule has 5 heterocycles. The van der Waals surface area contributed by atoms with E-state index < -0.39 is 17.3 Å². The van der Waals surface area contributed by atoms with Crippen LogP contribution in [0.4, 0.5) is 15.4 Å². The lowest BCUT2D eigenvalue weighted by Gasteiger charge is -2.36. The average molecular weight is 626 g/mol. The molecule has 1 aliphatic heterocycles. The van der Waals surface area contributed by atoms with Crippen LogP contribution in [0.25, 0.3) is 27.8 Å². The molecule has 13 heteroatoms. The van der Waals surface area contributed by atoms with E-state index in [0.29, 0.717) is 70.6 Å². The number of fused-ring (bicyclic) bond motifs is 2. The maximum Gasteiger partial charge on any atom is 0.419 e. The van der Waals surface area contributed by atoms with Crippen molar-refractivity contribution in [3.63, 3.8) is 0 Å². The number of amides is 1. The normalized spacial score (nSPS) is 14.5. The Kier molecular flexibility index (Phi) is 8.17. The van der Waals surface area contributed by atoms with Gasteiger partial charge in [0, 0.05) is 43.3 Å². The van der Waals surface area contributed by atoms with Gasteiger partial charge in [0.05, 0.1) is 29.5 Å². The van der Waals surface area contributed by atoms with Crippen LogP contribution in [0, 0.1) is 0 Å². The number of nitrogens with zero attached hydrogens (tertiary/aromatic N) is 7. The molecule has 0 atom stereocenters. The lowest BCUT2D eigenvalue weighted by atomic mass is 9.96. The van der Waals surface area contributed by atoms with Gasteiger partial charge in [0.15, 0.2) is 11.4 Å². The molecule has 1 saturated heterocycles. The zero-order valence-electron chi connectivity index (χ0n) is 26.8. The van der Waals surface area contributed by atoms with Gasteiger partial charge in [-0.15, -0.1) is 0 Å². The third kappa shape index (κ3) is 5.99. The fourth-order valence-corrected chi connectivity index (χ4v) is 5.79. The van der Waals surface area contributed by atoms with Crippen molar-refractivity contribution in [2.45, 2.75) is 72.5 Å². The van der Waals surface area contributed by atoms with Gasteiger partial charge in [0.1, 0.15) is 23.3 Å². The molecule has 1 amide bonds. The number of rotatable bonds is 4. The van der Waals surface area contributed by atoms with Crippen molar-refractivity contribution in [3.05, 3.63) is 35.4 Å². The predicted molar refractivity (Wildman–Crippen MR) is 169 cm³/mol. The molecular weight excluding hydrogens is 586 g/mol. The number of hydrogen-bond donors (Lipinski definition) is 0. The molecule has 0 aromatic carbocycles. The van der Waals surface area contributed by atoms with Gasteiger partial charge < -0.3 is 24.0 Å². The van der Waals surface area contributed by atoms with Crippen molar-refractivity contribution >= 4 is 46.2 Å². The quantitative estimate of drug-likeness (QED) is 0.255. The van der Waals surface area contributed by atoms with E-state index in [0.717, 1.165) is 5.56 Å². The summed E-state index contributed by atoms with van der Waals surface area (Å²) in [5.41, 5.74) is 1.89. The van der Waals surface area contributed by atoms with E-state index in [1.807, 2.05) is 53.8 Å². The number of methoxy groups -OCH3 is 1. The molecule has 1 fully saturated rings. The second-order valence-corrected chi connectivity index (χ2v) is 13.5. The van der Waals surface area contributed by atoms with E-state index in [9.17, 15) is 9.59 Å². The molecular formula is C31H40ClN7O5. The lowest BCUT2D eigenvalue weighted by molar-refractivity contribution is 0.0240. The second-order valence-electron chi connectivity index (χ2n) is 13.2. The minimum absolute atomic E-state index is 0.0506. The maximum absolute atomic E-state index is 13.9. The molecule has 0 unspecified atom stereocenters. The van der Waals surface area contributed by atoms with Gasteiger partial charge in [0.25, 0.3) is 0 Å². The molecule has 236 valence electrons. The maximum atomic E-state index is 13.9. The summed E-state index contributed by atoms with van der Waals surface area (Å²) in [6, 6.07) is 1.84. The van der Waals surface area contributed by atoms with Crippen molar-refractivity contribution < 1.29 is 23.8 Å². The van der Waals surface area contributed by atoms with Crippen LogP contribution in [0.2, 0.25) is 5.02 Å². The standard InChI is InChI=1S/C31H40ClN7O5/c1-18(2)22-23-20(15-33-27(24(23)32)36-10-12-37(13-11-36)28(40)43-30(3,4)5)39(29(41)44-31(6,7)8)25(22)19-14-21(42-9)26-34-17-35-38(26)16-19/h14-18H,10-13H2,1-9H3. The number of pyridine rings is 2. The largest absolute Gasteiger partial charge is 0.493 e. The van der Waals surface area contributed by atoms with Gasteiger partial charge >= 0.3 is 12.2 Å². The molecule has 5 rings (SSSR count). The Bertz CT molecular complexity index is 1720. The smallest absolute Gasteiger partial charge is 0.419 e. The van der Waals surface area contributed by atoms with Crippen LogP contribution < -0.4 is 9.64 Å². The van der Waals surface area contributed by atoms with Crippen molar-refractivity contribution in [2.24, 2.45) is 0 Å². The minimum Gasteiger partial charge on any atom is -0.493 e. The van der Waals surface area contributed by atoms with Crippen LogP contribution in [0.3, 0.4) is 0 Å². The summed E-state index contributed by atoms with van der Waals surface area (Å²) in [7, 11) is 1.57. The SMILES string of the molecule is COc1cc(-c2c(C(C)C)c3c(Cl)c(N4CCN(C(=O)OC(C)(C)C)CC4)ncc3n2C(=O)OC(C)(C)C)cn2ncnc12. The minimum atomic E-state index is -0.749. The first-order valence-electron chi connectivity index (χ1n) is 14.7. The van der Waals surface area contributed by atoms with Gasteiger partial charge in [-0.1, -0.05) is 25.4 Å². The van der Waals surface area contributed by atoms with E-state index in [1.54, 1.807) is 22.7 Å². The van der Waals surface area contributed by atoms with Crippen LogP contribution in [-0.2, 0) is 9.47 Å². The van der Waals surface area contributed by atoms with Gasteiger partial charge in [-0.25, -0.2) is 28.6 Å². The van der Waals surface area contributed by atoms with Crippen molar-refractivity contribution in [1.29, 1.82) is 0 Å². The molecule has 12 nitrogen and oxygen atoms in total. The summed E-state index contributed by atoms with van der Waals surface area (Å²) in [4.78, 5) is 39.4. The van der Waals surface area contributed by atoms with Crippen molar-refractivity contribution in [3.8, 4) is 17.0 Å². The molecule has 4 aromatic rings. The first-order valence-corrected chi connectivity index (χ1v) is 15.0. The predicted octanol–water partition coefficient (Wildman–Crippen LogP) is 6.37. The van der Waals surface area contributed by atoms with Crippen LogP contribution in [-0.4, -0.2) is 85.7 Å². The number of aromatic nitrogens is 5. The van der Waals surface area contributed by atoms with Crippen LogP contribution in [0.1, 0.15) is 66.9 Å². The average Bonchev–Trinajstić information content (AvgIpc) is 3.54. The zero-order chi connectivity index (χ0) is 32.1. The van der Waals surface area contributed by atoms with E-state index in [4.69, 9.17) is 30.8 Å². The Balaban J connectivity index is 1.66. The summed E-state index contributed by atoms with van der Waals surface area (Å²) in [6.45, 7) is 17.1. The summed E-state index contributed by atoms with van der Waals surface area (Å²) in [6.07, 6.45) is 4.03. The Labute approximate surface area is 261 Å². The highest BCUT2D eigenvalue weighted by atomic mass is 35.5. The third-order valence-electron chi connectivity index (χ3n) is 7.19. The van der Waals surface area contributed by atoms with Gasteiger partial charge in [-0.05, 0) is 59.1 Å². The number of ether oxygens (including phenoxy) is 3. The molecule has 1 aliphatic rings. The van der Waals surface area contributed by atoms with Gasteiger partial charge in [-0.3, -0.25) is 0 Å². The van der Waals surface area contributed by atoms with E-state index >= 15 is 0 Å². The molecule has 0 saturated carbocycles. The molecule has 0 radical (unpaired) electrons. The number of anilines is 1. The number of carbonyl (C=O) groups is 2. The van der Waals surface area contributed by atoms with E-state index in [-0.39, 0.29) is 12.0 Å². The fourth-order valence-electron chi connectivity index (χ4n) is 5.42. The summed E-state index contributed by atoms with van der Waals surface area (Å²) in [5, 5.41) is 5.46. The molecule has 44 heavy (non-hydrogen) atoms. The van der Waals surface area contributed by atoms with Gasteiger partial charge in [-0.2, -0.15) is 5.10 Å². The zero-order valence-corrected chi connectivity index (χ0v) is 27.5. The van der Waals surface area contributed by atoms with Crippen LogP contribution in [0.15, 0.2) is 24.8 Å². The molecule has 0 aliphatic carbocycles. The summed E-state index contributed by atoms with van der Waals surface area (Å²) < 4.78 is 20.3. The molecule has 4 aromatic heterocycles. The molecule has 0 spiro atoms. The highest BCUT2D eigenvalue weighted by molar-refractivity contribution is 6.38. The Hall–Kier alpha value is -4.06. The summed E-state index contributed by atoms with van der Waals surface area (Å²) >= 11 is 7.23. The van der Waals surface area contributed by atoms with Gasteiger partial charge in [0.2, 0.25) is 0 Å². The topological polar surface area (TPSA) is 116 Å².